The van der Waals surface area contributed by atoms with Crippen molar-refractivity contribution >= 4 is 11.9 Å². The van der Waals surface area contributed by atoms with Gasteiger partial charge in [0.05, 0.1) is 13.0 Å². The molecule has 0 spiro atoms. The predicted molar refractivity (Wildman–Crippen MR) is 62.9 cm³/mol. The Hall–Kier alpha value is -1.82. The lowest BCUT2D eigenvalue weighted by molar-refractivity contribution is -0.137. The van der Waals surface area contributed by atoms with Gasteiger partial charge in [0.15, 0.2) is 5.76 Å². The van der Waals surface area contributed by atoms with Crippen LogP contribution in [0.5, 0.6) is 0 Å². The van der Waals surface area contributed by atoms with Gasteiger partial charge in [0, 0.05) is 12.6 Å². The van der Waals surface area contributed by atoms with E-state index >= 15 is 0 Å². The van der Waals surface area contributed by atoms with Crippen molar-refractivity contribution in [1.29, 1.82) is 0 Å². The molecule has 1 amide bonds. The van der Waals surface area contributed by atoms with Gasteiger partial charge >= 0.3 is 5.97 Å². The second kappa shape index (κ2) is 5.22. The van der Waals surface area contributed by atoms with Crippen LogP contribution in [0.4, 0.5) is 0 Å². The fourth-order valence-corrected chi connectivity index (χ4v) is 1.80. The SMILES string of the molecule is NCc1ccc(C(=O)N(CCC(=O)O)C2CC2)o1. The average Bonchev–Trinajstić information content (AvgIpc) is 3.06. The van der Waals surface area contributed by atoms with Crippen LogP contribution < -0.4 is 5.73 Å². The molecule has 0 bridgehead atoms. The Bertz CT molecular complexity index is 451. The average molecular weight is 252 g/mol. The van der Waals surface area contributed by atoms with E-state index in [1.807, 2.05) is 0 Å². The fourth-order valence-electron chi connectivity index (χ4n) is 1.80. The van der Waals surface area contributed by atoms with Crippen LogP contribution in [-0.2, 0) is 11.3 Å². The van der Waals surface area contributed by atoms with Crippen LogP contribution in [0.25, 0.3) is 0 Å². The number of carbonyl (C=O) groups is 2. The first-order valence-corrected chi connectivity index (χ1v) is 5.93. The summed E-state index contributed by atoms with van der Waals surface area (Å²) in [4.78, 5) is 24.3. The summed E-state index contributed by atoms with van der Waals surface area (Å²) in [6.45, 7) is 0.462. The molecule has 0 aliphatic heterocycles. The van der Waals surface area contributed by atoms with E-state index in [4.69, 9.17) is 15.3 Å². The Morgan fingerprint density at radius 3 is 2.67 bits per heavy atom. The van der Waals surface area contributed by atoms with Crippen molar-refractivity contribution in [2.24, 2.45) is 5.73 Å². The van der Waals surface area contributed by atoms with Crippen molar-refractivity contribution < 1.29 is 19.1 Å². The van der Waals surface area contributed by atoms with E-state index in [2.05, 4.69) is 0 Å². The van der Waals surface area contributed by atoms with Gasteiger partial charge in [-0.1, -0.05) is 0 Å². The molecule has 1 heterocycles. The Kier molecular flexibility index (Phi) is 3.66. The lowest BCUT2D eigenvalue weighted by Gasteiger charge is -2.20. The molecule has 0 aromatic carbocycles. The highest BCUT2D eigenvalue weighted by Gasteiger charge is 2.34. The Labute approximate surface area is 104 Å². The normalized spacial score (nSPS) is 14.5. The molecule has 1 aromatic rings. The van der Waals surface area contributed by atoms with Gasteiger partial charge in [-0.05, 0) is 25.0 Å². The number of amides is 1. The molecular formula is C12H16N2O4. The summed E-state index contributed by atoms with van der Waals surface area (Å²) in [7, 11) is 0. The van der Waals surface area contributed by atoms with Crippen LogP contribution in [0, 0.1) is 0 Å². The maximum Gasteiger partial charge on any atom is 0.305 e. The van der Waals surface area contributed by atoms with Crippen molar-refractivity contribution in [3.05, 3.63) is 23.7 Å². The molecule has 1 aromatic heterocycles. The number of nitrogens with two attached hydrogens (primary N) is 1. The summed E-state index contributed by atoms with van der Waals surface area (Å²) in [6, 6.07) is 3.40. The smallest absolute Gasteiger partial charge is 0.305 e. The minimum absolute atomic E-state index is 0.0489. The highest BCUT2D eigenvalue weighted by Crippen LogP contribution is 2.28. The fraction of sp³-hybridized carbons (Fsp3) is 0.500. The van der Waals surface area contributed by atoms with E-state index in [0.717, 1.165) is 12.8 Å². The minimum Gasteiger partial charge on any atom is -0.481 e. The number of aliphatic carboxylic acids is 1. The second-order valence-electron chi connectivity index (χ2n) is 4.34. The van der Waals surface area contributed by atoms with Gasteiger partial charge < -0.3 is 20.2 Å². The molecule has 6 heteroatoms. The van der Waals surface area contributed by atoms with Crippen molar-refractivity contribution in [2.45, 2.75) is 31.8 Å². The van der Waals surface area contributed by atoms with Crippen molar-refractivity contribution in [1.82, 2.24) is 4.90 Å². The molecule has 0 saturated heterocycles. The summed E-state index contributed by atoms with van der Waals surface area (Å²) in [6.07, 6.45) is 1.80. The summed E-state index contributed by atoms with van der Waals surface area (Å²) in [5.41, 5.74) is 5.41. The van der Waals surface area contributed by atoms with Crippen LogP contribution in [0.1, 0.15) is 35.6 Å². The number of nitrogens with zero attached hydrogens (tertiary/aromatic N) is 1. The van der Waals surface area contributed by atoms with Gasteiger partial charge in [0.2, 0.25) is 0 Å². The van der Waals surface area contributed by atoms with Crippen molar-refractivity contribution in [3.63, 3.8) is 0 Å². The van der Waals surface area contributed by atoms with Gasteiger partial charge in [-0.3, -0.25) is 9.59 Å². The highest BCUT2D eigenvalue weighted by atomic mass is 16.4. The van der Waals surface area contributed by atoms with Crippen LogP contribution >= 0.6 is 0 Å². The lowest BCUT2D eigenvalue weighted by Crippen LogP contribution is -2.34. The van der Waals surface area contributed by atoms with Gasteiger partial charge in [0.25, 0.3) is 5.91 Å². The molecule has 3 N–H and O–H groups in total. The topological polar surface area (TPSA) is 96.8 Å². The molecule has 2 rings (SSSR count). The first-order chi connectivity index (χ1) is 8.61. The van der Waals surface area contributed by atoms with Gasteiger partial charge in [-0.2, -0.15) is 0 Å². The van der Waals surface area contributed by atoms with Crippen LogP contribution in [0.3, 0.4) is 0 Å². The summed E-state index contributed by atoms with van der Waals surface area (Å²) in [5.74, 6) is -0.380. The summed E-state index contributed by atoms with van der Waals surface area (Å²) in [5, 5.41) is 8.68. The van der Waals surface area contributed by atoms with E-state index < -0.39 is 5.97 Å². The molecule has 0 atom stereocenters. The van der Waals surface area contributed by atoms with E-state index in [9.17, 15) is 9.59 Å². The van der Waals surface area contributed by atoms with E-state index in [1.54, 1.807) is 17.0 Å². The molecule has 1 aliphatic rings. The minimum atomic E-state index is -0.907. The zero-order chi connectivity index (χ0) is 13.1. The molecule has 0 unspecified atom stereocenters. The summed E-state index contributed by atoms with van der Waals surface area (Å²) < 4.78 is 5.30. The standard InChI is InChI=1S/C12H16N2O4/c13-7-9-3-4-10(18-9)12(17)14(8-1-2-8)6-5-11(15)16/h3-4,8H,1-2,5-7,13H2,(H,15,16). The quantitative estimate of drug-likeness (QED) is 0.781. The molecule has 1 saturated carbocycles. The van der Waals surface area contributed by atoms with Crippen LogP contribution in [0.15, 0.2) is 16.5 Å². The van der Waals surface area contributed by atoms with E-state index in [0.29, 0.717) is 5.76 Å². The molecular weight excluding hydrogens is 236 g/mol. The van der Waals surface area contributed by atoms with Gasteiger partial charge in [-0.15, -0.1) is 0 Å². The first-order valence-electron chi connectivity index (χ1n) is 5.93. The van der Waals surface area contributed by atoms with Crippen molar-refractivity contribution in [2.75, 3.05) is 6.54 Å². The molecule has 6 nitrogen and oxygen atoms in total. The number of hydrogen-bond donors (Lipinski definition) is 2. The zero-order valence-electron chi connectivity index (χ0n) is 9.96. The van der Waals surface area contributed by atoms with Gasteiger partial charge in [0.1, 0.15) is 5.76 Å². The van der Waals surface area contributed by atoms with E-state index in [1.165, 1.54) is 0 Å². The van der Waals surface area contributed by atoms with E-state index in [-0.39, 0.29) is 37.2 Å². The number of furan rings is 1. The third kappa shape index (κ3) is 2.89. The first kappa shape index (κ1) is 12.6. The van der Waals surface area contributed by atoms with Crippen LogP contribution in [-0.4, -0.2) is 34.5 Å². The number of hydrogen-bond acceptors (Lipinski definition) is 4. The largest absolute Gasteiger partial charge is 0.481 e. The maximum absolute atomic E-state index is 12.2. The Morgan fingerprint density at radius 2 is 2.17 bits per heavy atom. The summed E-state index contributed by atoms with van der Waals surface area (Å²) >= 11 is 0. The Balaban J connectivity index is 2.05. The van der Waals surface area contributed by atoms with Crippen molar-refractivity contribution in [3.8, 4) is 0 Å². The molecule has 18 heavy (non-hydrogen) atoms. The Morgan fingerprint density at radius 1 is 1.44 bits per heavy atom. The lowest BCUT2D eigenvalue weighted by atomic mass is 10.3. The second-order valence-corrected chi connectivity index (χ2v) is 4.34. The molecule has 1 aliphatic carbocycles. The number of carbonyl (C=O) groups excluding carboxylic acids is 1. The monoisotopic (exact) mass is 252 g/mol. The number of carboxylic acids is 1. The molecule has 98 valence electrons. The molecule has 1 fully saturated rings. The maximum atomic E-state index is 12.2. The number of rotatable bonds is 6. The highest BCUT2D eigenvalue weighted by molar-refractivity contribution is 5.92. The number of carboxylic acid groups (broad SMARTS) is 1. The van der Waals surface area contributed by atoms with Crippen LogP contribution in [0.2, 0.25) is 0 Å². The zero-order valence-corrected chi connectivity index (χ0v) is 9.96. The predicted octanol–water partition coefficient (Wildman–Crippen LogP) is 0.818. The third-order valence-electron chi connectivity index (χ3n) is 2.89. The van der Waals surface area contributed by atoms with Gasteiger partial charge in [-0.25, -0.2) is 0 Å². The molecule has 0 radical (unpaired) electrons. The third-order valence-corrected chi connectivity index (χ3v) is 2.89.